The number of halogens is 1. The maximum atomic E-state index is 13.0. The lowest BCUT2D eigenvalue weighted by molar-refractivity contribution is -0.149. The molecular formula is C16H24FNO2. The summed E-state index contributed by atoms with van der Waals surface area (Å²) < 4.78 is 18.2. The van der Waals surface area contributed by atoms with E-state index in [1.807, 2.05) is 13.8 Å². The Hall–Kier alpha value is -1.58. The highest BCUT2D eigenvalue weighted by Gasteiger charge is 2.38. The van der Waals surface area contributed by atoms with Crippen molar-refractivity contribution in [2.75, 3.05) is 11.9 Å². The van der Waals surface area contributed by atoms with E-state index in [2.05, 4.69) is 5.32 Å². The van der Waals surface area contributed by atoms with Gasteiger partial charge in [0.1, 0.15) is 11.4 Å². The second-order valence-electron chi connectivity index (χ2n) is 4.93. The van der Waals surface area contributed by atoms with Gasteiger partial charge in [-0.15, -0.1) is 0 Å². The number of hydrogen-bond acceptors (Lipinski definition) is 3. The van der Waals surface area contributed by atoms with E-state index in [0.717, 1.165) is 18.5 Å². The third kappa shape index (κ3) is 4.22. The van der Waals surface area contributed by atoms with E-state index >= 15 is 0 Å². The number of carbonyl (C=O) groups excluding carboxylic acids is 1. The monoisotopic (exact) mass is 281 g/mol. The number of benzene rings is 1. The number of carbonyl (C=O) groups is 1. The molecule has 0 spiro atoms. The van der Waals surface area contributed by atoms with Gasteiger partial charge < -0.3 is 10.1 Å². The van der Waals surface area contributed by atoms with E-state index in [1.54, 1.807) is 19.1 Å². The molecule has 0 heterocycles. The largest absolute Gasteiger partial charge is 0.464 e. The van der Waals surface area contributed by atoms with E-state index in [-0.39, 0.29) is 11.8 Å². The van der Waals surface area contributed by atoms with Crippen molar-refractivity contribution < 1.29 is 13.9 Å². The zero-order valence-electron chi connectivity index (χ0n) is 12.5. The lowest BCUT2D eigenvalue weighted by Crippen LogP contribution is -2.47. The summed E-state index contributed by atoms with van der Waals surface area (Å²) in [6.07, 6.45) is 3.12. The van der Waals surface area contributed by atoms with E-state index < -0.39 is 5.54 Å². The summed E-state index contributed by atoms with van der Waals surface area (Å²) in [7, 11) is 0. The first kappa shape index (κ1) is 16.5. The van der Waals surface area contributed by atoms with Gasteiger partial charge in [0, 0.05) is 5.69 Å². The van der Waals surface area contributed by atoms with Crippen LogP contribution in [0.2, 0.25) is 0 Å². The molecule has 4 heteroatoms. The summed E-state index contributed by atoms with van der Waals surface area (Å²) >= 11 is 0. The Kier molecular flexibility index (Phi) is 6.49. The fourth-order valence-electron chi connectivity index (χ4n) is 2.44. The smallest absolute Gasteiger partial charge is 0.331 e. The number of rotatable bonds is 8. The molecular weight excluding hydrogens is 257 g/mol. The molecule has 112 valence electrons. The highest BCUT2D eigenvalue weighted by molar-refractivity contribution is 5.84. The van der Waals surface area contributed by atoms with Gasteiger partial charge in [0.05, 0.1) is 6.61 Å². The van der Waals surface area contributed by atoms with Crippen LogP contribution in [0.25, 0.3) is 0 Å². The normalized spacial score (nSPS) is 11.2. The van der Waals surface area contributed by atoms with E-state index in [0.29, 0.717) is 19.4 Å². The van der Waals surface area contributed by atoms with Gasteiger partial charge in [0.25, 0.3) is 0 Å². The second kappa shape index (κ2) is 7.88. The van der Waals surface area contributed by atoms with Crippen molar-refractivity contribution in [3.8, 4) is 0 Å². The summed E-state index contributed by atoms with van der Waals surface area (Å²) in [5.41, 5.74) is 0.0125. The van der Waals surface area contributed by atoms with Crippen molar-refractivity contribution in [3.05, 3.63) is 30.1 Å². The van der Waals surface area contributed by atoms with Crippen LogP contribution in [0.15, 0.2) is 24.3 Å². The maximum Gasteiger partial charge on any atom is 0.331 e. The molecule has 1 rings (SSSR count). The fraction of sp³-hybridized carbons (Fsp3) is 0.562. The van der Waals surface area contributed by atoms with Crippen molar-refractivity contribution >= 4 is 11.7 Å². The van der Waals surface area contributed by atoms with Gasteiger partial charge in [-0.3, -0.25) is 0 Å². The number of ether oxygens (including phenoxy) is 1. The lowest BCUT2D eigenvalue weighted by atomic mass is 9.88. The highest BCUT2D eigenvalue weighted by atomic mass is 19.1. The maximum absolute atomic E-state index is 13.0. The van der Waals surface area contributed by atoms with Crippen LogP contribution < -0.4 is 5.32 Å². The molecule has 0 amide bonds. The zero-order chi connectivity index (χ0) is 15.0. The Labute approximate surface area is 120 Å². The first-order chi connectivity index (χ1) is 9.57. The first-order valence-corrected chi connectivity index (χ1v) is 7.29. The molecule has 0 fully saturated rings. The number of nitrogens with one attached hydrogen (secondary N) is 1. The van der Waals surface area contributed by atoms with Crippen LogP contribution in [0, 0.1) is 5.82 Å². The predicted octanol–water partition coefficient (Wildman–Crippen LogP) is 4.14. The number of hydrogen-bond donors (Lipinski definition) is 1. The summed E-state index contributed by atoms with van der Waals surface area (Å²) in [4.78, 5) is 12.4. The van der Waals surface area contributed by atoms with Gasteiger partial charge in [0.2, 0.25) is 0 Å². The first-order valence-electron chi connectivity index (χ1n) is 7.29. The van der Waals surface area contributed by atoms with Crippen molar-refractivity contribution in [3.63, 3.8) is 0 Å². The molecule has 0 saturated carbocycles. The van der Waals surface area contributed by atoms with Gasteiger partial charge >= 0.3 is 5.97 Å². The van der Waals surface area contributed by atoms with Crippen molar-refractivity contribution in [1.29, 1.82) is 0 Å². The second-order valence-corrected chi connectivity index (χ2v) is 4.93. The highest BCUT2D eigenvalue weighted by Crippen LogP contribution is 2.27. The molecule has 0 aliphatic rings. The van der Waals surface area contributed by atoms with Crippen LogP contribution >= 0.6 is 0 Å². The Bertz CT molecular complexity index is 411. The Morgan fingerprint density at radius 3 is 2.15 bits per heavy atom. The molecule has 1 N–H and O–H groups in total. The molecule has 0 aliphatic heterocycles. The van der Waals surface area contributed by atoms with Crippen molar-refractivity contribution in [1.82, 2.24) is 0 Å². The molecule has 0 unspecified atom stereocenters. The van der Waals surface area contributed by atoms with Crippen LogP contribution in [-0.4, -0.2) is 18.1 Å². The van der Waals surface area contributed by atoms with Crippen LogP contribution in [0.3, 0.4) is 0 Å². The van der Waals surface area contributed by atoms with Crippen molar-refractivity contribution in [2.45, 2.75) is 52.0 Å². The third-order valence-corrected chi connectivity index (χ3v) is 3.25. The van der Waals surface area contributed by atoms with Gasteiger partial charge in [-0.2, -0.15) is 0 Å². The van der Waals surface area contributed by atoms with Crippen LogP contribution in [0.4, 0.5) is 10.1 Å². The van der Waals surface area contributed by atoms with Crippen LogP contribution in [0.1, 0.15) is 46.5 Å². The van der Waals surface area contributed by atoms with E-state index in [1.165, 1.54) is 12.1 Å². The Morgan fingerprint density at radius 1 is 1.15 bits per heavy atom. The van der Waals surface area contributed by atoms with Crippen LogP contribution in [-0.2, 0) is 9.53 Å². The third-order valence-electron chi connectivity index (χ3n) is 3.25. The molecule has 20 heavy (non-hydrogen) atoms. The van der Waals surface area contributed by atoms with Crippen molar-refractivity contribution in [2.24, 2.45) is 0 Å². The van der Waals surface area contributed by atoms with Gasteiger partial charge in [-0.1, -0.05) is 26.7 Å². The Morgan fingerprint density at radius 2 is 1.70 bits per heavy atom. The zero-order valence-corrected chi connectivity index (χ0v) is 12.5. The minimum Gasteiger partial charge on any atom is -0.464 e. The van der Waals surface area contributed by atoms with Gasteiger partial charge in [-0.25, -0.2) is 9.18 Å². The fourth-order valence-corrected chi connectivity index (χ4v) is 2.44. The molecule has 0 radical (unpaired) electrons. The SMILES string of the molecule is CCCC(CCC)(Nc1ccc(F)cc1)C(=O)OCC. The quantitative estimate of drug-likeness (QED) is 0.728. The molecule has 3 nitrogen and oxygen atoms in total. The molecule has 0 saturated heterocycles. The van der Waals surface area contributed by atoms with Gasteiger partial charge in [-0.05, 0) is 44.0 Å². The minimum atomic E-state index is -0.725. The minimum absolute atomic E-state index is 0.229. The van der Waals surface area contributed by atoms with E-state index in [4.69, 9.17) is 4.74 Å². The average molecular weight is 281 g/mol. The summed E-state index contributed by atoms with van der Waals surface area (Å²) in [6.45, 7) is 6.24. The Balaban J connectivity index is 3.00. The number of anilines is 1. The molecule has 0 aliphatic carbocycles. The lowest BCUT2D eigenvalue weighted by Gasteiger charge is -2.33. The average Bonchev–Trinajstić information content (AvgIpc) is 2.42. The topological polar surface area (TPSA) is 38.3 Å². The number of esters is 1. The predicted molar refractivity (Wildman–Crippen MR) is 79.2 cm³/mol. The molecule has 0 bridgehead atoms. The molecule has 1 aromatic rings. The summed E-state index contributed by atoms with van der Waals surface area (Å²) in [6, 6.07) is 6.07. The molecule has 0 aromatic heterocycles. The van der Waals surface area contributed by atoms with Gasteiger partial charge in [0.15, 0.2) is 0 Å². The van der Waals surface area contributed by atoms with Crippen LogP contribution in [0.5, 0.6) is 0 Å². The summed E-state index contributed by atoms with van der Waals surface area (Å²) in [5, 5.41) is 3.26. The van der Waals surface area contributed by atoms with E-state index in [9.17, 15) is 9.18 Å². The summed E-state index contributed by atoms with van der Waals surface area (Å²) in [5.74, 6) is -0.517. The molecule has 0 atom stereocenters. The standard InChI is InChI=1S/C16H24FNO2/c1-4-11-16(12-5-2,15(19)20-6-3)18-14-9-7-13(17)8-10-14/h7-10,18H,4-6,11-12H2,1-3H3. The molecule has 1 aromatic carbocycles.